The molecule has 0 amide bonds. The highest BCUT2D eigenvalue weighted by Gasteiger charge is 2.53. The monoisotopic (exact) mass is 353 g/mol. The zero-order valence-electron chi connectivity index (χ0n) is 13.8. The molecule has 128 valence electrons. The second-order valence-corrected chi connectivity index (χ2v) is 8.15. The molecule has 2 aromatic rings. The van der Waals surface area contributed by atoms with Gasteiger partial charge in [-0.15, -0.1) is 0 Å². The van der Waals surface area contributed by atoms with Gasteiger partial charge in [-0.3, -0.25) is 0 Å². The first-order valence-electron chi connectivity index (χ1n) is 9.01. The van der Waals surface area contributed by atoms with E-state index in [4.69, 9.17) is 16.7 Å². The van der Waals surface area contributed by atoms with Crippen LogP contribution in [-0.2, 0) is 0 Å². The third-order valence-electron chi connectivity index (χ3n) is 6.57. The zero-order valence-corrected chi connectivity index (χ0v) is 14.5. The fourth-order valence-corrected chi connectivity index (χ4v) is 5.80. The van der Waals surface area contributed by atoms with Gasteiger partial charge in [0.2, 0.25) is 0 Å². The van der Waals surface area contributed by atoms with E-state index in [1.807, 2.05) is 18.2 Å². The molecule has 2 aliphatic carbocycles. The van der Waals surface area contributed by atoms with E-state index in [9.17, 15) is 4.79 Å². The minimum atomic E-state index is -0.874. The summed E-state index contributed by atoms with van der Waals surface area (Å²) < 4.78 is 0. The number of anilines is 1. The molecule has 25 heavy (non-hydrogen) atoms. The molecule has 2 fully saturated rings. The Bertz CT molecular complexity index is 847. The first-order chi connectivity index (χ1) is 12.1. The van der Waals surface area contributed by atoms with Crippen LogP contribution in [0.5, 0.6) is 0 Å². The van der Waals surface area contributed by atoms with Crippen molar-refractivity contribution in [3.8, 4) is 0 Å². The molecule has 1 heterocycles. The minimum absolute atomic E-state index is 0.247. The number of nitrogens with one attached hydrogen (secondary N) is 1. The highest BCUT2D eigenvalue weighted by molar-refractivity contribution is 6.30. The summed E-state index contributed by atoms with van der Waals surface area (Å²) in [4.78, 5) is 11.1. The van der Waals surface area contributed by atoms with Crippen molar-refractivity contribution in [2.75, 3.05) is 5.32 Å². The molecular weight excluding hydrogens is 334 g/mol. The number of halogens is 1. The minimum Gasteiger partial charge on any atom is -0.478 e. The second-order valence-electron chi connectivity index (χ2n) is 7.72. The third kappa shape index (κ3) is 2.29. The number of hydrogen-bond acceptors (Lipinski definition) is 2. The van der Waals surface area contributed by atoms with Crippen LogP contribution in [0, 0.1) is 17.8 Å². The summed E-state index contributed by atoms with van der Waals surface area (Å²) in [6.07, 6.45) is 3.95. The van der Waals surface area contributed by atoms with E-state index in [1.54, 1.807) is 12.1 Å². The lowest BCUT2D eigenvalue weighted by molar-refractivity contribution is 0.0697. The number of carbonyl (C=O) groups is 1. The lowest BCUT2D eigenvalue weighted by Gasteiger charge is -2.43. The predicted octanol–water partition coefficient (Wildman–Crippen LogP) is 5.33. The van der Waals surface area contributed by atoms with Gasteiger partial charge in [-0.1, -0.05) is 23.7 Å². The number of carboxylic acid groups (broad SMARTS) is 1. The lowest BCUT2D eigenvalue weighted by Crippen LogP contribution is -2.35. The second kappa shape index (κ2) is 5.50. The molecular formula is C21H20ClNO2. The Morgan fingerprint density at radius 1 is 1.08 bits per heavy atom. The van der Waals surface area contributed by atoms with E-state index in [0.717, 1.165) is 16.9 Å². The van der Waals surface area contributed by atoms with Crippen LogP contribution in [0.25, 0.3) is 0 Å². The van der Waals surface area contributed by atoms with Crippen LogP contribution in [0.15, 0.2) is 42.5 Å². The summed E-state index contributed by atoms with van der Waals surface area (Å²) in [5.74, 6) is 1.77. The van der Waals surface area contributed by atoms with Gasteiger partial charge in [-0.25, -0.2) is 4.79 Å². The molecule has 5 rings (SSSR count). The summed E-state index contributed by atoms with van der Waals surface area (Å²) in [5.41, 5.74) is 4.10. The maximum atomic E-state index is 11.1. The molecule has 0 unspecified atom stereocenters. The lowest BCUT2D eigenvalue weighted by atomic mass is 9.68. The first kappa shape index (κ1) is 15.3. The van der Waals surface area contributed by atoms with Crippen molar-refractivity contribution >= 4 is 23.3 Å². The van der Waals surface area contributed by atoms with Gasteiger partial charge >= 0.3 is 5.97 Å². The van der Waals surface area contributed by atoms with Crippen molar-refractivity contribution in [2.24, 2.45) is 17.8 Å². The van der Waals surface area contributed by atoms with Gasteiger partial charge in [0.05, 0.1) is 11.6 Å². The molecule has 2 aromatic carbocycles. The number of aromatic carboxylic acids is 1. The van der Waals surface area contributed by atoms with Crippen molar-refractivity contribution < 1.29 is 9.90 Å². The van der Waals surface area contributed by atoms with Gasteiger partial charge in [0.1, 0.15) is 0 Å². The zero-order chi connectivity index (χ0) is 17.1. The molecule has 5 atom stereocenters. The molecule has 0 saturated heterocycles. The molecule has 1 aliphatic heterocycles. The first-order valence-corrected chi connectivity index (χ1v) is 9.39. The SMILES string of the molecule is O=C(O)c1ccc([C@@H]2Nc3ccc(Cl)cc3[C@@H]3[C@H]4CC[C@@H](C4)[C@@H]32)cc1. The van der Waals surface area contributed by atoms with E-state index in [1.165, 1.54) is 36.1 Å². The quantitative estimate of drug-likeness (QED) is 0.766. The van der Waals surface area contributed by atoms with Gasteiger partial charge in [-0.2, -0.15) is 0 Å². The standard InChI is InChI=1S/C21H20ClNO2/c22-15-7-8-17-16(10-15)18-13-5-6-14(9-13)19(18)20(23-17)11-1-3-12(4-2-11)21(24)25/h1-4,7-8,10,13-14,18-20,23H,5-6,9H2,(H,24,25)/t13-,14-,18-,19-,20-/m0/s1. The summed E-state index contributed by atoms with van der Waals surface area (Å²) in [6.45, 7) is 0. The fourth-order valence-electron chi connectivity index (χ4n) is 5.62. The van der Waals surface area contributed by atoms with Crippen molar-refractivity contribution in [3.05, 3.63) is 64.2 Å². The third-order valence-corrected chi connectivity index (χ3v) is 6.80. The van der Waals surface area contributed by atoms with Crippen molar-refractivity contribution in [3.63, 3.8) is 0 Å². The normalized spacial score (nSPS) is 32.0. The molecule has 0 aromatic heterocycles. The maximum Gasteiger partial charge on any atom is 0.335 e. The molecule has 2 bridgehead atoms. The van der Waals surface area contributed by atoms with E-state index < -0.39 is 5.97 Å². The summed E-state index contributed by atoms with van der Waals surface area (Å²) in [6, 6.07) is 13.8. The number of benzene rings is 2. The Balaban J connectivity index is 1.58. The smallest absolute Gasteiger partial charge is 0.335 e. The average Bonchev–Trinajstić information content (AvgIpc) is 3.23. The Morgan fingerprint density at radius 2 is 1.84 bits per heavy atom. The number of fused-ring (bicyclic) bond motifs is 7. The summed E-state index contributed by atoms with van der Waals surface area (Å²) in [5, 5.41) is 13.7. The topological polar surface area (TPSA) is 49.3 Å². The van der Waals surface area contributed by atoms with Crippen LogP contribution < -0.4 is 5.32 Å². The van der Waals surface area contributed by atoms with Crippen LogP contribution in [0.1, 0.15) is 52.7 Å². The van der Waals surface area contributed by atoms with Gasteiger partial charge in [0.25, 0.3) is 0 Å². The molecule has 0 radical (unpaired) electrons. The largest absolute Gasteiger partial charge is 0.478 e. The van der Waals surface area contributed by atoms with Crippen molar-refractivity contribution in [2.45, 2.75) is 31.2 Å². The summed E-state index contributed by atoms with van der Waals surface area (Å²) >= 11 is 6.29. The Labute approximate surface area is 152 Å². The Kier molecular flexibility index (Phi) is 3.36. The highest BCUT2D eigenvalue weighted by atomic mass is 35.5. The molecule has 2 N–H and O–H groups in total. The average molecular weight is 354 g/mol. The van der Waals surface area contributed by atoms with E-state index in [0.29, 0.717) is 17.4 Å². The van der Waals surface area contributed by atoms with Crippen LogP contribution in [0.2, 0.25) is 5.02 Å². The highest BCUT2D eigenvalue weighted by Crippen LogP contribution is 2.63. The van der Waals surface area contributed by atoms with Crippen LogP contribution in [0.4, 0.5) is 5.69 Å². The van der Waals surface area contributed by atoms with Crippen molar-refractivity contribution in [1.29, 1.82) is 0 Å². The molecule has 4 heteroatoms. The van der Waals surface area contributed by atoms with E-state index in [2.05, 4.69) is 17.4 Å². The van der Waals surface area contributed by atoms with E-state index >= 15 is 0 Å². The Hall–Kier alpha value is -2.00. The van der Waals surface area contributed by atoms with E-state index in [-0.39, 0.29) is 6.04 Å². The fraction of sp³-hybridized carbons (Fsp3) is 0.381. The number of carboxylic acids is 1. The maximum absolute atomic E-state index is 11.1. The van der Waals surface area contributed by atoms with Crippen molar-refractivity contribution in [1.82, 2.24) is 0 Å². The molecule has 0 spiro atoms. The predicted molar refractivity (Wildman–Crippen MR) is 98.3 cm³/mol. The van der Waals surface area contributed by atoms with Crippen LogP contribution in [0.3, 0.4) is 0 Å². The number of rotatable bonds is 2. The summed E-state index contributed by atoms with van der Waals surface area (Å²) in [7, 11) is 0. The van der Waals surface area contributed by atoms with Crippen LogP contribution in [-0.4, -0.2) is 11.1 Å². The number of hydrogen-bond donors (Lipinski definition) is 2. The van der Waals surface area contributed by atoms with Gasteiger partial charge in [-0.05, 0) is 84.4 Å². The molecule has 3 nitrogen and oxygen atoms in total. The van der Waals surface area contributed by atoms with Gasteiger partial charge in [0, 0.05) is 10.7 Å². The van der Waals surface area contributed by atoms with Gasteiger partial charge in [0.15, 0.2) is 0 Å². The molecule has 3 aliphatic rings. The Morgan fingerprint density at radius 3 is 2.60 bits per heavy atom. The van der Waals surface area contributed by atoms with Crippen LogP contribution >= 0.6 is 11.6 Å². The molecule has 2 saturated carbocycles. The van der Waals surface area contributed by atoms with Gasteiger partial charge < -0.3 is 10.4 Å².